The first-order valence-electron chi connectivity index (χ1n) is 8.79. The van der Waals surface area contributed by atoms with Crippen LogP contribution in [0.4, 0.5) is 0 Å². The van der Waals surface area contributed by atoms with Crippen LogP contribution in [-0.4, -0.2) is 11.6 Å². The molecule has 0 fully saturated rings. The number of carbonyl (C=O) groups excluding carboxylic acids is 1. The maximum Gasteiger partial charge on any atom is 0.293 e. The van der Waals surface area contributed by atoms with Crippen molar-refractivity contribution in [2.75, 3.05) is 0 Å². The van der Waals surface area contributed by atoms with E-state index in [-0.39, 0.29) is 60.5 Å². The van der Waals surface area contributed by atoms with Gasteiger partial charge in [-0.05, 0) is 35.9 Å². The van der Waals surface area contributed by atoms with Gasteiger partial charge in [-0.3, -0.25) is 24.0 Å². The summed E-state index contributed by atoms with van der Waals surface area (Å²) in [5, 5.41) is 9.96. The molecule has 4 aromatic carbocycles. The largest absolute Gasteiger partial charge is 0.508 e. The van der Waals surface area contributed by atoms with Crippen molar-refractivity contribution in [3.63, 3.8) is 0 Å². The van der Waals surface area contributed by atoms with Crippen LogP contribution in [0, 0.1) is 0 Å². The summed E-state index contributed by atoms with van der Waals surface area (Å²) >= 11 is 0.808. The molecule has 1 aromatic heterocycles. The van der Waals surface area contributed by atoms with Crippen LogP contribution in [0.3, 0.4) is 0 Å². The minimum Gasteiger partial charge on any atom is -0.508 e. The fourth-order valence-corrected chi connectivity index (χ4v) is 5.02. The van der Waals surface area contributed by atoms with Gasteiger partial charge in [0.2, 0.25) is 10.9 Å². The summed E-state index contributed by atoms with van der Waals surface area (Å²) in [4.78, 5) is 62.8. The first-order valence-corrected chi connectivity index (χ1v) is 9.60. The number of carbonyl (C=O) groups is 1. The third-order valence-corrected chi connectivity index (χ3v) is 6.35. The Kier molecular flexibility index (Phi) is 3.81. The summed E-state index contributed by atoms with van der Waals surface area (Å²) in [5.74, 6) is -0.163. The second-order valence-electron chi connectivity index (χ2n) is 6.84. The molecule has 0 aliphatic rings. The summed E-state index contributed by atoms with van der Waals surface area (Å²) in [6.45, 7) is 0.229. The Hall–Kier alpha value is -3.91. The number of aromatic hydroxyl groups is 1. The Bertz CT molecular complexity index is 1760. The smallest absolute Gasteiger partial charge is 0.293 e. The molecule has 0 aliphatic heterocycles. The van der Waals surface area contributed by atoms with Crippen LogP contribution in [0.1, 0.15) is 5.56 Å². The first-order chi connectivity index (χ1) is 14.4. The number of hydrogen-bond donors (Lipinski definition) is 1. The maximum absolute atomic E-state index is 13.2. The van der Waals surface area contributed by atoms with Gasteiger partial charge in [0.1, 0.15) is 12.4 Å². The lowest BCUT2D eigenvalue weighted by Crippen LogP contribution is -2.15. The van der Waals surface area contributed by atoms with Crippen LogP contribution in [0.5, 0.6) is 5.75 Å². The van der Waals surface area contributed by atoms with Crippen molar-refractivity contribution in [2.24, 2.45) is 0 Å². The first kappa shape index (κ1) is 18.1. The van der Waals surface area contributed by atoms with Crippen molar-refractivity contribution in [1.82, 2.24) is 0 Å². The Morgan fingerprint density at radius 1 is 0.767 bits per heavy atom. The lowest BCUT2D eigenvalue weighted by molar-refractivity contribution is -0.129. The minimum atomic E-state index is -0.530. The van der Waals surface area contributed by atoms with Crippen molar-refractivity contribution in [1.29, 1.82) is 0 Å². The number of benzene rings is 4. The maximum atomic E-state index is 13.2. The molecular formula is C22H10O7S. The average molecular weight is 418 g/mol. The van der Waals surface area contributed by atoms with Crippen molar-refractivity contribution in [3.8, 4) is 5.75 Å². The summed E-state index contributed by atoms with van der Waals surface area (Å²) in [5.41, 5.74) is -1.50. The third kappa shape index (κ3) is 2.34. The highest BCUT2D eigenvalue weighted by Crippen LogP contribution is 2.29. The molecule has 0 saturated heterocycles. The lowest BCUT2D eigenvalue weighted by Gasteiger charge is -2.02. The zero-order valence-electron chi connectivity index (χ0n) is 15.1. The van der Waals surface area contributed by atoms with Crippen LogP contribution < -0.4 is 21.7 Å². The number of phenols is 1. The van der Waals surface area contributed by atoms with E-state index in [0.29, 0.717) is 5.56 Å². The molecular weight excluding hydrogens is 408 g/mol. The normalized spacial score (nSPS) is 11.6. The van der Waals surface area contributed by atoms with Crippen molar-refractivity contribution >= 4 is 59.5 Å². The zero-order chi connectivity index (χ0) is 21.2. The quantitative estimate of drug-likeness (QED) is 0.446. The molecule has 30 heavy (non-hydrogen) atoms. The molecule has 7 nitrogen and oxygen atoms in total. The topological polar surface area (TPSA) is 115 Å². The molecule has 5 aromatic rings. The molecule has 5 rings (SSSR count). The Morgan fingerprint density at radius 2 is 1.33 bits per heavy atom. The highest BCUT2D eigenvalue weighted by atomic mass is 32.1. The molecule has 0 saturated carbocycles. The lowest BCUT2D eigenvalue weighted by atomic mass is 10.0. The molecule has 8 heteroatoms. The average Bonchev–Trinajstić information content (AvgIpc) is 3.16. The van der Waals surface area contributed by atoms with Gasteiger partial charge >= 0.3 is 0 Å². The number of phenolic OH excluding ortho intramolecular Hbond substituents is 1. The Labute approximate surface area is 169 Å². The van der Waals surface area contributed by atoms with Gasteiger partial charge in [-0.25, -0.2) is 0 Å². The molecule has 0 bridgehead atoms. The zero-order valence-corrected chi connectivity index (χ0v) is 15.9. The number of hydrogen-bond acceptors (Lipinski definition) is 8. The van der Waals surface area contributed by atoms with Crippen LogP contribution in [-0.2, 0) is 16.1 Å². The molecule has 0 atom stereocenters. The van der Waals surface area contributed by atoms with Gasteiger partial charge in [0, 0.05) is 21.5 Å². The Balaban J connectivity index is 2.01. The summed E-state index contributed by atoms with van der Waals surface area (Å²) in [6.07, 6.45) is 0. The van der Waals surface area contributed by atoms with E-state index >= 15 is 0 Å². The number of rotatable bonds is 3. The van der Waals surface area contributed by atoms with Gasteiger partial charge in [0.05, 0.1) is 20.2 Å². The predicted octanol–water partition coefficient (Wildman–Crippen LogP) is 2.06. The fourth-order valence-electron chi connectivity index (χ4n) is 3.81. The van der Waals surface area contributed by atoms with E-state index in [1.54, 1.807) is 6.07 Å². The van der Waals surface area contributed by atoms with Crippen LogP contribution >= 0.6 is 11.3 Å². The monoisotopic (exact) mass is 418 g/mol. The second kappa shape index (κ2) is 6.30. The molecule has 0 unspecified atom stereocenters. The molecule has 146 valence electrons. The second-order valence-corrected chi connectivity index (χ2v) is 7.86. The van der Waals surface area contributed by atoms with Crippen LogP contribution in [0.25, 0.3) is 41.7 Å². The standard InChI is InChI=1S/C22H10O7S/c23-8-29-7-9-1-3-11-13(5-9)19(27)21-15(17(11)25)16-18(26)12-4-2-10(24)6-14(12)20(28)22(16)30-21/h1-6,8,24H,7H2. The minimum absolute atomic E-state index is 0.0158. The van der Waals surface area contributed by atoms with E-state index in [9.17, 15) is 29.1 Å². The van der Waals surface area contributed by atoms with Gasteiger partial charge in [-0.15, -0.1) is 11.3 Å². The van der Waals surface area contributed by atoms with E-state index < -0.39 is 21.7 Å². The van der Waals surface area contributed by atoms with Gasteiger partial charge in [-0.1, -0.05) is 6.07 Å². The molecule has 1 heterocycles. The fraction of sp³-hybridized carbons (Fsp3) is 0.0455. The van der Waals surface area contributed by atoms with Gasteiger partial charge in [0.15, 0.2) is 10.9 Å². The highest BCUT2D eigenvalue weighted by Gasteiger charge is 2.22. The van der Waals surface area contributed by atoms with E-state index in [1.807, 2.05) is 0 Å². The third-order valence-electron chi connectivity index (χ3n) is 5.16. The van der Waals surface area contributed by atoms with Gasteiger partial charge < -0.3 is 9.84 Å². The molecule has 1 N–H and O–H groups in total. The highest BCUT2D eigenvalue weighted by molar-refractivity contribution is 7.25. The van der Waals surface area contributed by atoms with Crippen molar-refractivity contribution in [2.45, 2.75) is 6.61 Å². The predicted molar refractivity (Wildman–Crippen MR) is 114 cm³/mol. The Morgan fingerprint density at radius 3 is 1.93 bits per heavy atom. The van der Waals surface area contributed by atoms with Crippen LogP contribution in [0.15, 0.2) is 55.6 Å². The number of fused-ring (bicyclic) bond motifs is 5. The summed E-state index contributed by atoms with van der Waals surface area (Å²) in [6, 6.07) is 8.31. The van der Waals surface area contributed by atoms with Gasteiger partial charge in [-0.2, -0.15) is 0 Å². The van der Waals surface area contributed by atoms with Gasteiger partial charge in [0.25, 0.3) is 6.47 Å². The van der Waals surface area contributed by atoms with E-state index in [1.165, 1.54) is 30.3 Å². The number of ether oxygens (including phenoxy) is 1. The molecule has 0 aliphatic carbocycles. The van der Waals surface area contributed by atoms with E-state index in [2.05, 4.69) is 0 Å². The summed E-state index contributed by atoms with van der Waals surface area (Å²) < 4.78 is 4.75. The van der Waals surface area contributed by atoms with Crippen molar-refractivity contribution in [3.05, 3.63) is 82.9 Å². The van der Waals surface area contributed by atoms with E-state index in [4.69, 9.17) is 4.74 Å². The van der Waals surface area contributed by atoms with Crippen LogP contribution in [0.2, 0.25) is 0 Å². The van der Waals surface area contributed by atoms with E-state index in [0.717, 1.165) is 11.3 Å². The number of thiophene rings is 1. The summed E-state index contributed by atoms with van der Waals surface area (Å²) in [7, 11) is 0. The molecule has 0 spiro atoms. The SMILES string of the molecule is O=COCc1ccc2c(=O)c3c(sc4c(=O)c5cc(O)ccc5c(=O)c43)c(=O)c2c1. The molecule has 0 amide bonds. The van der Waals surface area contributed by atoms with Crippen molar-refractivity contribution < 1.29 is 14.6 Å². The molecule has 0 radical (unpaired) electrons.